The smallest absolute Gasteiger partial charge is 0.159 e. The van der Waals surface area contributed by atoms with Crippen molar-refractivity contribution in [1.29, 1.82) is 0 Å². The Bertz CT molecular complexity index is 2300. The standard InChI is InChI=1S/C35H30FN7O2S/c1-46(44,45)10-9-23-11-26(14-28(36)13-23)30-20-39-21-32-33(30)41-35(40-32)34-29-15-25(7-8-31(29)42-43-34)27-12-24(18-38-19-27)17-37-16-22-5-3-2-4-6-22/h2-8,11-15,18-21,37H,9-10,16-17H2,1H3,(H,40,41)(H,42,43). The van der Waals surface area contributed by atoms with E-state index in [1.807, 2.05) is 42.7 Å². The Hall–Kier alpha value is -5.26. The fraction of sp³-hybridized carbons (Fsp3) is 0.143. The molecule has 0 radical (unpaired) electrons. The zero-order valence-corrected chi connectivity index (χ0v) is 25.8. The first-order valence-corrected chi connectivity index (χ1v) is 16.8. The molecule has 0 aliphatic carbocycles. The normalized spacial score (nSPS) is 11.9. The van der Waals surface area contributed by atoms with Crippen molar-refractivity contribution in [3.05, 3.63) is 120 Å². The van der Waals surface area contributed by atoms with Crippen LogP contribution in [0.5, 0.6) is 0 Å². The molecule has 0 bridgehead atoms. The van der Waals surface area contributed by atoms with E-state index in [2.05, 4.69) is 54.7 Å². The van der Waals surface area contributed by atoms with Crippen molar-refractivity contribution in [3.8, 4) is 33.8 Å². The molecule has 46 heavy (non-hydrogen) atoms. The molecule has 0 aliphatic rings. The van der Waals surface area contributed by atoms with Crippen molar-refractivity contribution in [3.63, 3.8) is 0 Å². The maximum Gasteiger partial charge on any atom is 0.159 e. The van der Waals surface area contributed by atoms with E-state index < -0.39 is 15.7 Å². The van der Waals surface area contributed by atoms with Crippen molar-refractivity contribution >= 4 is 31.8 Å². The summed E-state index contributed by atoms with van der Waals surface area (Å²) in [6, 6.07) is 23.1. The largest absolute Gasteiger partial charge is 0.335 e. The topological polar surface area (TPSA) is 129 Å². The highest BCUT2D eigenvalue weighted by Crippen LogP contribution is 2.33. The summed E-state index contributed by atoms with van der Waals surface area (Å²) in [5, 5.41) is 12.0. The van der Waals surface area contributed by atoms with Crippen LogP contribution in [0.4, 0.5) is 4.39 Å². The van der Waals surface area contributed by atoms with Gasteiger partial charge >= 0.3 is 0 Å². The number of hydrogen-bond acceptors (Lipinski definition) is 7. The molecule has 7 rings (SSSR count). The minimum Gasteiger partial charge on any atom is -0.335 e. The highest BCUT2D eigenvalue weighted by molar-refractivity contribution is 7.90. The van der Waals surface area contributed by atoms with Gasteiger partial charge in [0.25, 0.3) is 0 Å². The first-order valence-electron chi connectivity index (χ1n) is 14.8. The van der Waals surface area contributed by atoms with Crippen molar-refractivity contribution < 1.29 is 12.8 Å². The monoisotopic (exact) mass is 631 g/mol. The summed E-state index contributed by atoms with van der Waals surface area (Å²) in [5.41, 5.74) is 8.84. The molecule has 0 saturated carbocycles. The Balaban J connectivity index is 1.19. The molecule has 11 heteroatoms. The summed E-state index contributed by atoms with van der Waals surface area (Å²) in [4.78, 5) is 17.1. The predicted octanol–water partition coefficient (Wildman–Crippen LogP) is 6.25. The number of imidazole rings is 1. The number of benzene rings is 3. The predicted molar refractivity (Wildman–Crippen MR) is 178 cm³/mol. The van der Waals surface area contributed by atoms with Gasteiger partial charge in [-0.3, -0.25) is 15.1 Å². The van der Waals surface area contributed by atoms with Gasteiger partial charge in [-0.05, 0) is 64.6 Å². The molecular weight excluding hydrogens is 601 g/mol. The lowest BCUT2D eigenvalue weighted by atomic mass is 10.0. The van der Waals surface area contributed by atoms with E-state index in [4.69, 9.17) is 4.98 Å². The molecule has 9 nitrogen and oxygen atoms in total. The number of halogens is 1. The number of fused-ring (bicyclic) bond motifs is 2. The van der Waals surface area contributed by atoms with E-state index in [0.29, 0.717) is 45.8 Å². The zero-order valence-electron chi connectivity index (χ0n) is 25.0. The summed E-state index contributed by atoms with van der Waals surface area (Å²) in [6.45, 7) is 1.46. The van der Waals surface area contributed by atoms with Crippen LogP contribution in [0.15, 0.2) is 97.6 Å². The number of hydrogen-bond donors (Lipinski definition) is 3. The molecule has 4 heterocycles. The average Bonchev–Trinajstić information content (AvgIpc) is 3.68. The molecule has 0 aliphatic heterocycles. The number of aromatic nitrogens is 6. The second kappa shape index (κ2) is 12.3. The van der Waals surface area contributed by atoms with Gasteiger partial charge in [0.1, 0.15) is 21.3 Å². The lowest BCUT2D eigenvalue weighted by Crippen LogP contribution is -2.12. The summed E-state index contributed by atoms with van der Waals surface area (Å²) in [5.74, 6) is 0.0217. The Morgan fingerprint density at radius 1 is 0.783 bits per heavy atom. The molecule has 0 fully saturated rings. The van der Waals surface area contributed by atoms with Crippen LogP contribution in [-0.2, 0) is 29.3 Å². The number of pyridine rings is 2. The second-order valence-electron chi connectivity index (χ2n) is 11.4. The Morgan fingerprint density at radius 2 is 1.59 bits per heavy atom. The van der Waals surface area contributed by atoms with Crippen LogP contribution in [0.1, 0.15) is 16.7 Å². The number of nitrogens with zero attached hydrogens (tertiary/aromatic N) is 4. The first-order chi connectivity index (χ1) is 22.3. The minimum atomic E-state index is -3.19. The quantitative estimate of drug-likeness (QED) is 0.163. The second-order valence-corrected chi connectivity index (χ2v) is 13.7. The van der Waals surface area contributed by atoms with E-state index in [0.717, 1.165) is 34.1 Å². The number of sulfone groups is 1. The molecule has 4 aromatic heterocycles. The third kappa shape index (κ3) is 6.42. The maximum atomic E-state index is 14.7. The fourth-order valence-electron chi connectivity index (χ4n) is 5.57. The van der Waals surface area contributed by atoms with Crippen molar-refractivity contribution in [2.75, 3.05) is 12.0 Å². The lowest BCUT2D eigenvalue weighted by Gasteiger charge is -2.07. The summed E-state index contributed by atoms with van der Waals surface area (Å²) < 4.78 is 38.0. The number of aromatic amines is 2. The van der Waals surface area contributed by atoms with Crippen LogP contribution >= 0.6 is 0 Å². The van der Waals surface area contributed by atoms with Gasteiger partial charge in [-0.2, -0.15) is 5.10 Å². The van der Waals surface area contributed by atoms with Gasteiger partial charge in [0.05, 0.1) is 28.5 Å². The van der Waals surface area contributed by atoms with Gasteiger partial charge < -0.3 is 10.3 Å². The van der Waals surface area contributed by atoms with E-state index in [1.54, 1.807) is 18.5 Å². The van der Waals surface area contributed by atoms with E-state index >= 15 is 0 Å². The Labute approximate surface area is 264 Å². The lowest BCUT2D eigenvalue weighted by molar-refractivity contribution is 0.600. The molecule has 230 valence electrons. The fourth-order valence-corrected chi connectivity index (χ4v) is 6.18. The zero-order chi connectivity index (χ0) is 31.7. The van der Waals surface area contributed by atoms with E-state index in [1.165, 1.54) is 24.0 Å². The van der Waals surface area contributed by atoms with Crippen LogP contribution in [0.2, 0.25) is 0 Å². The van der Waals surface area contributed by atoms with Gasteiger partial charge in [0.15, 0.2) is 5.82 Å². The first kappa shape index (κ1) is 29.5. The molecule has 0 atom stereocenters. The molecule has 3 N–H and O–H groups in total. The van der Waals surface area contributed by atoms with Crippen LogP contribution in [0.25, 0.3) is 55.7 Å². The highest BCUT2D eigenvalue weighted by Gasteiger charge is 2.17. The Morgan fingerprint density at radius 3 is 2.43 bits per heavy atom. The van der Waals surface area contributed by atoms with Crippen LogP contribution < -0.4 is 5.32 Å². The van der Waals surface area contributed by atoms with Gasteiger partial charge in [-0.1, -0.05) is 42.5 Å². The van der Waals surface area contributed by atoms with E-state index in [9.17, 15) is 12.8 Å². The van der Waals surface area contributed by atoms with Crippen molar-refractivity contribution in [1.82, 2.24) is 35.5 Å². The van der Waals surface area contributed by atoms with Gasteiger partial charge in [0.2, 0.25) is 0 Å². The molecule has 0 saturated heterocycles. The molecule has 0 amide bonds. The molecule has 7 aromatic rings. The van der Waals surface area contributed by atoms with E-state index in [-0.39, 0.29) is 12.2 Å². The number of aryl methyl sites for hydroxylation is 1. The molecule has 0 spiro atoms. The third-order valence-electron chi connectivity index (χ3n) is 7.84. The maximum absolute atomic E-state index is 14.7. The Kier molecular flexibility index (Phi) is 7.85. The van der Waals surface area contributed by atoms with Gasteiger partial charge in [0, 0.05) is 54.4 Å². The molecule has 0 unspecified atom stereocenters. The van der Waals surface area contributed by atoms with Crippen molar-refractivity contribution in [2.24, 2.45) is 0 Å². The van der Waals surface area contributed by atoms with Gasteiger partial charge in [-0.25, -0.2) is 17.8 Å². The molecular formula is C35H30FN7O2S. The van der Waals surface area contributed by atoms with Crippen LogP contribution in [-0.4, -0.2) is 50.6 Å². The van der Waals surface area contributed by atoms with Crippen molar-refractivity contribution in [2.45, 2.75) is 19.5 Å². The molecule has 3 aromatic carbocycles. The third-order valence-corrected chi connectivity index (χ3v) is 8.79. The number of rotatable bonds is 10. The number of H-pyrrole nitrogens is 2. The summed E-state index contributed by atoms with van der Waals surface area (Å²) >= 11 is 0. The van der Waals surface area contributed by atoms with Crippen LogP contribution in [0.3, 0.4) is 0 Å². The number of nitrogens with one attached hydrogen (secondary N) is 3. The summed E-state index contributed by atoms with van der Waals surface area (Å²) in [7, 11) is -3.19. The van der Waals surface area contributed by atoms with Crippen LogP contribution in [0, 0.1) is 5.82 Å². The summed E-state index contributed by atoms with van der Waals surface area (Å²) in [6.07, 6.45) is 8.41. The SMILES string of the molecule is CS(=O)(=O)CCc1cc(F)cc(-c2cncc3[nH]c(-c4n[nH]c5ccc(-c6cncc(CNCc7ccccc7)c6)cc45)nc23)c1. The minimum absolute atomic E-state index is 0.0649. The van der Waals surface area contributed by atoms with Gasteiger partial charge in [-0.15, -0.1) is 0 Å². The highest BCUT2D eigenvalue weighted by atomic mass is 32.2. The average molecular weight is 632 g/mol.